The largest absolute Gasteiger partial charge is 0.462 e. The molecule has 6 heteroatoms. The standard InChI is InChI=1S/C65H112O6/c1-4-7-10-13-16-19-22-25-28-30-32-34-37-40-43-46-49-52-55-58-64(67)70-61-62(60-69-63(66)57-54-51-48-45-42-39-36-27-24-21-18-15-12-9-6-3)71-65(68)59-56-53-50-47-44-41-38-35-33-31-29-26-23-20-17-14-11-8-5-2/h7,10,16,19,21,24-25,28,32,34,40,43,49,52,62H,4-6,8-9,11-15,17-18,20,22-23,26-27,29-31,33,35-39,41-42,44-48,50-51,53-61H2,1-3H3/b10-7-,19-16-,24-21-,28-25-,34-32-,43-40-,52-49-. The average Bonchev–Trinajstić information content (AvgIpc) is 3.37. The Hall–Kier alpha value is -3.41. The predicted octanol–water partition coefficient (Wildman–Crippen LogP) is 20.3. The number of rotatable bonds is 54. The predicted molar refractivity (Wildman–Crippen MR) is 307 cm³/mol. The second kappa shape index (κ2) is 59.2. The first kappa shape index (κ1) is 67.6. The third-order valence-corrected chi connectivity index (χ3v) is 12.9. The highest BCUT2D eigenvalue weighted by molar-refractivity contribution is 5.71. The van der Waals surface area contributed by atoms with Crippen molar-refractivity contribution in [3.8, 4) is 0 Å². The highest BCUT2D eigenvalue weighted by atomic mass is 16.6. The highest BCUT2D eigenvalue weighted by Crippen LogP contribution is 2.16. The van der Waals surface area contributed by atoms with Crippen LogP contribution < -0.4 is 0 Å². The van der Waals surface area contributed by atoms with E-state index in [-0.39, 0.29) is 37.5 Å². The quantitative estimate of drug-likeness (QED) is 0.0261. The van der Waals surface area contributed by atoms with Gasteiger partial charge in [0.2, 0.25) is 0 Å². The van der Waals surface area contributed by atoms with Crippen molar-refractivity contribution in [1.29, 1.82) is 0 Å². The smallest absolute Gasteiger partial charge is 0.306 e. The number of ether oxygens (including phenoxy) is 3. The molecule has 71 heavy (non-hydrogen) atoms. The maximum Gasteiger partial charge on any atom is 0.306 e. The van der Waals surface area contributed by atoms with Crippen LogP contribution in [0.15, 0.2) is 85.1 Å². The van der Waals surface area contributed by atoms with Crippen LogP contribution >= 0.6 is 0 Å². The first-order valence-electron chi connectivity index (χ1n) is 30.1. The monoisotopic (exact) mass is 989 g/mol. The van der Waals surface area contributed by atoms with Gasteiger partial charge in [-0.2, -0.15) is 0 Å². The Morgan fingerprint density at radius 3 is 0.958 bits per heavy atom. The van der Waals surface area contributed by atoms with Crippen molar-refractivity contribution in [3.63, 3.8) is 0 Å². The van der Waals surface area contributed by atoms with Crippen molar-refractivity contribution >= 4 is 17.9 Å². The lowest BCUT2D eigenvalue weighted by molar-refractivity contribution is -0.166. The number of hydrogen-bond acceptors (Lipinski definition) is 6. The van der Waals surface area contributed by atoms with Crippen LogP contribution in [0.25, 0.3) is 0 Å². The van der Waals surface area contributed by atoms with Gasteiger partial charge < -0.3 is 14.2 Å². The molecule has 0 rings (SSSR count). The fourth-order valence-corrected chi connectivity index (χ4v) is 8.41. The van der Waals surface area contributed by atoms with Gasteiger partial charge in [-0.05, 0) is 83.5 Å². The molecular weight excluding hydrogens is 877 g/mol. The van der Waals surface area contributed by atoms with Gasteiger partial charge in [-0.3, -0.25) is 14.4 Å². The Morgan fingerprint density at radius 2 is 0.577 bits per heavy atom. The topological polar surface area (TPSA) is 78.9 Å². The maximum absolute atomic E-state index is 12.9. The summed E-state index contributed by atoms with van der Waals surface area (Å²) in [5.41, 5.74) is 0. The molecule has 408 valence electrons. The van der Waals surface area contributed by atoms with Crippen LogP contribution in [0.3, 0.4) is 0 Å². The lowest BCUT2D eigenvalue weighted by atomic mass is 10.0. The second-order valence-electron chi connectivity index (χ2n) is 19.9. The maximum atomic E-state index is 12.9. The second-order valence-corrected chi connectivity index (χ2v) is 19.9. The molecule has 0 heterocycles. The number of carbonyl (C=O) groups excluding carboxylic acids is 3. The number of hydrogen-bond donors (Lipinski definition) is 0. The molecular formula is C65H112O6. The van der Waals surface area contributed by atoms with E-state index < -0.39 is 6.10 Å². The molecule has 0 N–H and O–H groups in total. The van der Waals surface area contributed by atoms with Gasteiger partial charge in [-0.1, -0.05) is 273 Å². The molecule has 0 aromatic heterocycles. The Kier molecular flexibility index (Phi) is 56.3. The molecule has 0 aromatic carbocycles. The van der Waals surface area contributed by atoms with Crippen molar-refractivity contribution < 1.29 is 28.6 Å². The van der Waals surface area contributed by atoms with E-state index in [4.69, 9.17) is 14.2 Å². The molecule has 6 nitrogen and oxygen atoms in total. The Morgan fingerprint density at radius 1 is 0.296 bits per heavy atom. The van der Waals surface area contributed by atoms with E-state index in [1.807, 2.05) is 6.08 Å². The van der Waals surface area contributed by atoms with E-state index in [1.54, 1.807) is 0 Å². The lowest BCUT2D eigenvalue weighted by Gasteiger charge is -2.18. The minimum atomic E-state index is -0.808. The van der Waals surface area contributed by atoms with Crippen LogP contribution in [-0.2, 0) is 28.6 Å². The summed E-state index contributed by atoms with van der Waals surface area (Å²) in [4.78, 5) is 38.2. The van der Waals surface area contributed by atoms with Gasteiger partial charge in [-0.15, -0.1) is 0 Å². The first-order chi connectivity index (χ1) is 35.0. The Bertz CT molecular complexity index is 1370. The molecule has 0 aromatic rings. The lowest BCUT2D eigenvalue weighted by Crippen LogP contribution is -2.30. The summed E-state index contributed by atoms with van der Waals surface area (Å²) in [6.45, 7) is 6.48. The van der Waals surface area contributed by atoms with Crippen molar-refractivity contribution in [2.24, 2.45) is 0 Å². The molecule has 0 bridgehead atoms. The Labute approximate surface area is 439 Å². The number of unbranched alkanes of at least 4 members (excludes halogenated alkanes) is 29. The molecule has 1 atom stereocenters. The molecule has 0 saturated carbocycles. The first-order valence-corrected chi connectivity index (χ1v) is 30.1. The van der Waals surface area contributed by atoms with E-state index in [9.17, 15) is 14.4 Å². The molecule has 0 radical (unpaired) electrons. The summed E-state index contributed by atoms with van der Waals surface area (Å²) in [6.07, 6.45) is 77.3. The summed E-state index contributed by atoms with van der Waals surface area (Å²) < 4.78 is 16.8. The van der Waals surface area contributed by atoms with E-state index >= 15 is 0 Å². The fourth-order valence-electron chi connectivity index (χ4n) is 8.41. The van der Waals surface area contributed by atoms with Gasteiger partial charge >= 0.3 is 17.9 Å². The molecule has 0 spiro atoms. The van der Waals surface area contributed by atoms with E-state index in [0.29, 0.717) is 19.3 Å². The average molecular weight is 990 g/mol. The number of esters is 3. The normalized spacial score (nSPS) is 12.7. The van der Waals surface area contributed by atoms with Crippen molar-refractivity contribution in [2.75, 3.05) is 13.2 Å². The Balaban J connectivity index is 4.46. The van der Waals surface area contributed by atoms with Gasteiger partial charge in [0, 0.05) is 19.3 Å². The summed E-state index contributed by atoms with van der Waals surface area (Å²) in [6, 6.07) is 0. The molecule has 0 amide bonds. The fraction of sp³-hybridized carbons (Fsp3) is 0.738. The van der Waals surface area contributed by atoms with Crippen LogP contribution in [0.5, 0.6) is 0 Å². The van der Waals surface area contributed by atoms with Gasteiger partial charge in [0.1, 0.15) is 13.2 Å². The minimum absolute atomic E-state index is 0.0998. The molecule has 0 aliphatic heterocycles. The van der Waals surface area contributed by atoms with Gasteiger partial charge in [-0.25, -0.2) is 0 Å². The van der Waals surface area contributed by atoms with Gasteiger partial charge in [0.05, 0.1) is 0 Å². The molecule has 1 unspecified atom stereocenters. The van der Waals surface area contributed by atoms with Crippen LogP contribution in [0.2, 0.25) is 0 Å². The summed E-state index contributed by atoms with van der Waals surface area (Å²) in [5, 5.41) is 0. The van der Waals surface area contributed by atoms with E-state index in [2.05, 4.69) is 99.8 Å². The minimum Gasteiger partial charge on any atom is -0.462 e. The van der Waals surface area contributed by atoms with Gasteiger partial charge in [0.15, 0.2) is 6.10 Å². The zero-order valence-corrected chi connectivity index (χ0v) is 46.7. The molecule has 0 aliphatic rings. The SMILES string of the molecule is CC/C=C\C/C=C\C/C=C\C/C=C\C/C=C\C/C=C\CCC(=O)OCC(COC(=O)CCCCCCCCC/C=C\CCCCCC)OC(=O)CCCCCCCCCCCCCCCCCCCCC. The zero-order valence-electron chi connectivity index (χ0n) is 46.7. The van der Waals surface area contributed by atoms with Crippen molar-refractivity contribution in [2.45, 2.75) is 297 Å². The summed E-state index contributed by atoms with van der Waals surface area (Å²) >= 11 is 0. The summed E-state index contributed by atoms with van der Waals surface area (Å²) in [5.74, 6) is -0.981. The van der Waals surface area contributed by atoms with Crippen LogP contribution in [0, 0.1) is 0 Å². The molecule has 0 saturated heterocycles. The summed E-state index contributed by atoms with van der Waals surface area (Å²) in [7, 11) is 0. The molecule has 0 fully saturated rings. The number of allylic oxidation sites excluding steroid dienone is 14. The van der Waals surface area contributed by atoms with E-state index in [1.165, 1.54) is 167 Å². The van der Waals surface area contributed by atoms with E-state index in [0.717, 1.165) is 77.0 Å². The van der Waals surface area contributed by atoms with Crippen molar-refractivity contribution in [3.05, 3.63) is 85.1 Å². The van der Waals surface area contributed by atoms with Crippen molar-refractivity contribution in [1.82, 2.24) is 0 Å². The van der Waals surface area contributed by atoms with Gasteiger partial charge in [0.25, 0.3) is 0 Å². The van der Waals surface area contributed by atoms with Crippen LogP contribution in [0.1, 0.15) is 290 Å². The van der Waals surface area contributed by atoms with Crippen LogP contribution in [0.4, 0.5) is 0 Å². The zero-order chi connectivity index (χ0) is 51.4. The highest BCUT2D eigenvalue weighted by Gasteiger charge is 2.19. The number of carbonyl (C=O) groups is 3. The third-order valence-electron chi connectivity index (χ3n) is 12.9. The third kappa shape index (κ3) is 57.4. The molecule has 0 aliphatic carbocycles. The van der Waals surface area contributed by atoms with Crippen LogP contribution in [-0.4, -0.2) is 37.2 Å².